The fourth-order valence-corrected chi connectivity index (χ4v) is 6.49. The van der Waals surface area contributed by atoms with Gasteiger partial charge < -0.3 is 26.0 Å². The Bertz CT molecular complexity index is 738. The number of aliphatic hydroxyl groups excluding tert-OH is 3. The molecule has 0 aliphatic heterocycles. The molecule has 0 fully saturated rings. The fourth-order valence-electron chi connectivity index (χ4n) is 6.49. The maximum atomic E-state index is 12.8. The number of unbranched alkanes of at least 4 members (excludes halogenated alkanes) is 20. The molecule has 0 saturated heterocycles. The van der Waals surface area contributed by atoms with Crippen molar-refractivity contribution >= 4 is 11.8 Å². The van der Waals surface area contributed by atoms with Crippen LogP contribution in [0.3, 0.4) is 0 Å². The van der Waals surface area contributed by atoms with Crippen LogP contribution in [0, 0.1) is 11.8 Å². The first kappa shape index (κ1) is 48.3. The van der Waals surface area contributed by atoms with E-state index in [0.29, 0.717) is 12.8 Å². The molecule has 0 radical (unpaired) electrons. The van der Waals surface area contributed by atoms with E-state index in [9.17, 15) is 24.9 Å². The Labute approximate surface area is 308 Å². The van der Waals surface area contributed by atoms with E-state index in [1.807, 2.05) is 0 Å². The van der Waals surface area contributed by atoms with Gasteiger partial charge in [-0.3, -0.25) is 9.59 Å². The Hall–Kier alpha value is -1.70. The van der Waals surface area contributed by atoms with Gasteiger partial charge in [0.2, 0.25) is 11.8 Å². The van der Waals surface area contributed by atoms with Crippen LogP contribution in [0.1, 0.15) is 194 Å². The number of hydrogen-bond donors (Lipinski definition) is 5. The molecule has 0 aliphatic rings. The maximum absolute atomic E-state index is 12.8. The van der Waals surface area contributed by atoms with E-state index < -0.39 is 6.10 Å². The van der Waals surface area contributed by atoms with Gasteiger partial charge in [0.25, 0.3) is 0 Å². The van der Waals surface area contributed by atoms with Crippen LogP contribution in [0.4, 0.5) is 0 Å². The third-order valence-electron chi connectivity index (χ3n) is 9.85. The molecule has 2 amide bonds. The molecular formula is C43H82N2O5. The van der Waals surface area contributed by atoms with Gasteiger partial charge in [0.15, 0.2) is 0 Å². The summed E-state index contributed by atoms with van der Waals surface area (Å²) in [5, 5.41) is 35.1. The molecule has 2 atom stereocenters. The van der Waals surface area contributed by atoms with E-state index in [-0.39, 0.29) is 50.0 Å². The molecule has 50 heavy (non-hydrogen) atoms. The topological polar surface area (TPSA) is 119 Å². The zero-order chi connectivity index (χ0) is 36.8. The van der Waals surface area contributed by atoms with Crippen LogP contribution in [0.25, 0.3) is 0 Å². The number of allylic oxidation sites excluding steroid dienone is 4. The number of aliphatic hydroxyl groups is 3. The van der Waals surface area contributed by atoms with Crippen LogP contribution in [-0.2, 0) is 9.59 Å². The Balaban J connectivity index is 4.07. The van der Waals surface area contributed by atoms with E-state index in [1.165, 1.54) is 89.9 Å². The lowest BCUT2D eigenvalue weighted by molar-refractivity contribution is -0.126. The van der Waals surface area contributed by atoms with Crippen molar-refractivity contribution in [2.45, 2.75) is 200 Å². The summed E-state index contributed by atoms with van der Waals surface area (Å²) < 4.78 is 0. The minimum atomic E-state index is -0.893. The highest BCUT2D eigenvalue weighted by Crippen LogP contribution is 2.17. The Morgan fingerprint density at radius 2 is 0.760 bits per heavy atom. The molecule has 0 aromatic rings. The summed E-state index contributed by atoms with van der Waals surface area (Å²) in [6, 6.07) is 0. The molecule has 5 N–H and O–H groups in total. The minimum absolute atomic E-state index is 0.0390. The Kier molecular flexibility index (Phi) is 37.2. The number of nitrogens with one attached hydrogen (secondary N) is 2. The zero-order valence-corrected chi connectivity index (χ0v) is 32.8. The third-order valence-corrected chi connectivity index (χ3v) is 9.85. The maximum Gasteiger partial charge on any atom is 0.223 e. The van der Waals surface area contributed by atoms with Crippen molar-refractivity contribution in [3.63, 3.8) is 0 Å². The van der Waals surface area contributed by atoms with Gasteiger partial charge in [-0.25, -0.2) is 0 Å². The van der Waals surface area contributed by atoms with Crippen molar-refractivity contribution in [3.05, 3.63) is 24.3 Å². The highest BCUT2D eigenvalue weighted by atomic mass is 16.3. The van der Waals surface area contributed by atoms with E-state index in [1.54, 1.807) is 0 Å². The lowest BCUT2D eigenvalue weighted by Crippen LogP contribution is -2.43. The monoisotopic (exact) mass is 707 g/mol. The lowest BCUT2D eigenvalue weighted by Gasteiger charge is -2.20. The van der Waals surface area contributed by atoms with Crippen molar-refractivity contribution < 1.29 is 24.9 Å². The van der Waals surface area contributed by atoms with E-state index in [2.05, 4.69) is 48.8 Å². The number of carbonyl (C=O) groups excluding carboxylic acids is 2. The first-order chi connectivity index (χ1) is 24.5. The number of carbonyl (C=O) groups is 2. The lowest BCUT2D eigenvalue weighted by atomic mass is 9.96. The second-order valence-corrected chi connectivity index (χ2v) is 14.6. The van der Waals surface area contributed by atoms with Crippen LogP contribution in [-0.4, -0.2) is 59.5 Å². The first-order valence-electron chi connectivity index (χ1n) is 21.2. The Morgan fingerprint density at radius 1 is 0.460 bits per heavy atom. The van der Waals surface area contributed by atoms with Gasteiger partial charge in [-0.1, -0.05) is 141 Å². The summed E-state index contributed by atoms with van der Waals surface area (Å²) in [6.07, 6.45) is 40.0. The largest absolute Gasteiger partial charge is 0.396 e. The number of amides is 2. The third kappa shape index (κ3) is 32.2. The molecule has 0 spiro atoms. The van der Waals surface area contributed by atoms with Crippen LogP contribution < -0.4 is 10.6 Å². The van der Waals surface area contributed by atoms with Gasteiger partial charge in [0.05, 0.1) is 6.10 Å². The summed E-state index contributed by atoms with van der Waals surface area (Å²) in [4.78, 5) is 25.6. The minimum Gasteiger partial charge on any atom is -0.396 e. The van der Waals surface area contributed by atoms with Gasteiger partial charge >= 0.3 is 0 Å². The highest BCUT2D eigenvalue weighted by molar-refractivity contribution is 5.79. The van der Waals surface area contributed by atoms with Gasteiger partial charge in [-0.2, -0.15) is 0 Å². The second kappa shape index (κ2) is 38.5. The van der Waals surface area contributed by atoms with E-state index in [0.717, 1.165) is 77.0 Å². The van der Waals surface area contributed by atoms with E-state index in [4.69, 9.17) is 0 Å². The van der Waals surface area contributed by atoms with Crippen LogP contribution >= 0.6 is 0 Å². The van der Waals surface area contributed by atoms with Gasteiger partial charge in [-0.05, 0) is 77.0 Å². The molecule has 2 unspecified atom stereocenters. The summed E-state index contributed by atoms with van der Waals surface area (Å²) >= 11 is 0. The van der Waals surface area contributed by atoms with Crippen molar-refractivity contribution in [2.75, 3.05) is 26.3 Å². The highest BCUT2D eigenvalue weighted by Gasteiger charge is 2.21. The summed E-state index contributed by atoms with van der Waals surface area (Å²) in [5.74, 6) is -0.829. The first-order valence-corrected chi connectivity index (χ1v) is 21.2. The van der Waals surface area contributed by atoms with Crippen LogP contribution in [0.15, 0.2) is 24.3 Å². The van der Waals surface area contributed by atoms with Crippen molar-refractivity contribution in [1.29, 1.82) is 0 Å². The van der Waals surface area contributed by atoms with Gasteiger partial charge in [0, 0.05) is 38.1 Å². The SMILES string of the molecule is CCCCCCCC/C=C\CCCCCCC(CCO)C(=O)NCC(O)CNC(=O)C(CCO)CCCCCC/C=C\CCCCCCCC. The predicted molar refractivity (Wildman–Crippen MR) is 212 cm³/mol. The molecule has 0 heterocycles. The number of hydrogen-bond acceptors (Lipinski definition) is 5. The Morgan fingerprint density at radius 3 is 1.08 bits per heavy atom. The smallest absolute Gasteiger partial charge is 0.223 e. The molecule has 0 aromatic heterocycles. The normalized spacial score (nSPS) is 13.6. The molecule has 7 heteroatoms. The zero-order valence-electron chi connectivity index (χ0n) is 32.8. The fraction of sp³-hybridized carbons (Fsp3) is 0.860. The summed E-state index contributed by atoms with van der Waals surface area (Å²) in [6.45, 7) is 4.55. The van der Waals surface area contributed by atoms with Gasteiger partial charge in [0.1, 0.15) is 0 Å². The molecule has 294 valence electrons. The average Bonchev–Trinajstić information content (AvgIpc) is 3.12. The van der Waals surface area contributed by atoms with Crippen LogP contribution in [0.5, 0.6) is 0 Å². The van der Waals surface area contributed by atoms with Crippen molar-refractivity contribution in [1.82, 2.24) is 10.6 Å². The van der Waals surface area contributed by atoms with Gasteiger partial charge in [-0.15, -0.1) is 0 Å². The second-order valence-electron chi connectivity index (χ2n) is 14.6. The molecule has 0 rings (SSSR count). The molecule has 0 saturated carbocycles. The quantitative estimate of drug-likeness (QED) is 0.0324. The molecule has 0 aliphatic carbocycles. The van der Waals surface area contributed by atoms with Crippen molar-refractivity contribution in [3.8, 4) is 0 Å². The van der Waals surface area contributed by atoms with Crippen molar-refractivity contribution in [2.24, 2.45) is 11.8 Å². The number of rotatable bonds is 38. The predicted octanol–water partition coefficient (Wildman–Crippen LogP) is 9.87. The molecular weight excluding hydrogens is 624 g/mol. The van der Waals surface area contributed by atoms with Crippen LogP contribution in [0.2, 0.25) is 0 Å². The van der Waals surface area contributed by atoms with E-state index >= 15 is 0 Å². The molecule has 7 nitrogen and oxygen atoms in total. The average molecular weight is 707 g/mol. The summed E-state index contributed by atoms with van der Waals surface area (Å²) in [5.41, 5.74) is 0. The molecule has 0 aromatic carbocycles. The summed E-state index contributed by atoms with van der Waals surface area (Å²) in [7, 11) is 0. The standard InChI is InChI=1S/C43H82N2O5/c1-3-5-7-9-11-13-15-17-19-21-23-25-27-29-31-39(33-35-46)42(49)44-37-41(48)38-45-43(50)40(34-36-47)32-30-28-26-24-22-20-18-16-14-12-10-8-6-4-2/h17-20,39-41,46-48H,3-16,21-38H2,1-2H3,(H,44,49)(H,45,50)/b19-17-,20-18-. The molecule has 0 bridgehead atoms.